The molecule has 0 aromatic heterocycles. The minimum Gasteiger partial charge on any atom is -0.505 e. The first kappa shape index (κ1) is 38.1. The summed E-state index contributed by atoms with van der Waals surface area (Å²) < 4.78 is 30.3. The first-order valence-corrected chi connectivity index (χ1v) is 13.8. The first-order chi connectivity index (χ1) is 19.5. The zero-order valence-corrected chi connectivity index (χ0v) is 25.8. The number of ether oxygens (including phenoxy) is 1. The number of carbonyl (C=O) groups is 2. The van der Waals surface area contributed by atoms with Crippen molar-refractivity contribution in [3.05, 3.63) is 70.3 Å². The minimum atomic E-state index is -0.620. The number of methoxy groups -OCH3 is 1. The molecule has 3 N–H and O–H groups in total. The average Bonchev–Trinajstić information content (AvgIpc) is 2.97. The van der Waals surface area contributed by atoms with E-state index in [1.165, 1.54) is 12.1 Å². The number of nitrogens with zero attached hydrogens (tertiary/aromatic N) is 2. The summed E-state index contributed by atoms with van der Waals surface area (Å²) in [7, 11) is 6.35. The SMILES string of the molecule is CC/C=C1\C(C=O)=CN(CC(N(C)CCC)C(C)(C=O)CCOC)C(C)=C1O.CNCc1ccc(F)cc1F.CO. The van der Waals surface area contributed by atoms with Gasteiger partial charge < -0.3 is 34.9 Å². The lowest BCUT2D eigenvalue weighted by molar-refractivity contribution is -0.120. The lowest BCUT2D eigenvalue weighted by Crippen LogP contribution is -2.52. The van der Waals surface area contributed by atoms with Gasteiger partial charge in [-0.1, -0.05) is 32.9 Å². The molecule has 0 saturated carbocycles. The lowest BCUT2D eigenvalue weighted by atomic mass is 9.79. The number of hydrogen-bond donors (Lipinski definition) is 3. The van der Waals surface area contributed by atoms with Gasteiger partial charge in [0.2, 0.25) is 0 Å². The van der Waals surface area contributed by atoms with Crippen molar-refractivity contribution < 1.29 is 33.3 Å². The quantitative estimate of drug-likeness (QED) is 0.271. The van der Waals surface area contributed by atoms with E-state index in [2.05, 4.69) is 17.1 Å². The van der Waals surface area contributed by atoms with Crippen molar-refractivity contribution in [1.29, 1.82) is 0 Å². The second-order valence-electron chi connectivity index (χ2n) is 9.94. The third-order valence-corrected chi connectivity index (χ3v) is 6.91. The molecule has 2 rings (SSSR count). The normalized spacial score (nSPS) is 16.2. The molecule has 0 amide bonds. The zero-order chi connectivity index (χ0) is 31.6. The molecular weight excluding hydrogens is 532 g/mol. The number of rotatable bonds is 14. The van der Waals surface area contributed by atoms with Crippen LogP contribution < -0.4 is 5.32 Å². The second-order valence-corrected chi connectivity index (χ2v) is 9.94. The average molecular weight is 582 g/mol. The minimum absolute atomic E-state index is 0.108. The van der Waals surface area contributed by atoms with Gasteiger partial charge in [0, 0.05) is 74.3 Å². The number of aliphatic hydroxyl groups excluding tert-OH is 2. The highest BCUT2D eigenvalue weighted by atomic mass is 19.1. The summed E-state index contributed by atoms with van der Waals surface area (Å²) in [5.74, 6) is -0.922. The van der Waals surface area contributed by atoms with E-state index in [1.807, 2.05) is 38.8 Å². The fourth-order valence-corrected chi connectivity index (χ4v) is 4.53. The molecule has 8 nitrogen and oxygen atoms in total. The standard InChI is InChI=1S/C22H36N2O4.C8H9F2N.CH4O/c1-7-9-19-18(15-25)13-24(17(3)21(19)27)14-20(23(5)11-8-2)22(4,16-26)10-12-28-6;1-11-5-6-2-3-7(9)4-8(6)10;1-2/h9,13,15-16,20,27H,7-8,10-12,14H2,1-6H3;2-4,11H,5H2,1H3;2H,1H3/b19-9+;;. The van der Waals surface area contributed by atoms with Crippen LogP contribution in [0.3, 0.4) is 0 Å². The Bertz CT molecular complexity index is 1040. The maximum Gasteiger partial charge on any atom is 0.152 e. The third kappa shape index (κ3) is 11.5. The van der Waals surface area contributed by atoms with Gasteiger partial charge in [0.05, 0.1) is 5.70 Å². The fourth-order valence-electron chi connectivity index (χ4n) is 4.53. The summed E-state index contributed by atoms with van der Waals surface area (Å²) in [4.78, 5) is 27.8. The van der Waals surface area contributed by atoms with Gasteiger partial charge in [-0.05, 0) is 52.9 Å². The molecule has 2 atom stereocenters. The molecule has 2 unspecified atom stereocenters. The van der Waals surface area contributed by atoms with Crippen LogP contribution in [-0.2, 0) is 20.9 Å². The van der Waals surface area contributed by atoms with Gasteiger partial charge in [-0.25, -0.2) is 8.78 Å². The van der Waals surface area contributed by atoms with Crippen molar-refractivity contribution in [3.8, 4) is 0 Å². The first-order valence-electron chi connectivity index (χ1n) is 13.8. The van der Waals surface area contributed by atoms with Crippen molar-refractivity contribution >= 4 is 12.6 Å². The Labute approximate surface area is 244 Å². The van der Waals surface area contributed by atoms with Crippen LogP contribution in [0.5, 0.6) is 0 Å². The molecule has 0 spiro atoms. The van der Waals surface area contributed by atoms with Gasteiger partial charge in [-0.2, -0.15) is 0 Å². The van der Waals surface area contributed by atoms with Gasteiger partial charge in [-0.15, -0.1) is 0 Å². The molecular formula is C31H49F2N3O5. The molecule has 0 bridgehead atoms. The van der Waals surface area contributed by atoms with Gasteiger partial charge in [-0.3, -0.25) is 4.79 Å². The van der Waals surface area contributed by atoms with Gasteiger partial charge in [0.15, 0.2) is 6.29 Å². The van der Waals surface area contributed by atoms with Crippen LogP contribution in [0.2, 0.25) is 0 Å². The molecule has 1 aliphatic heterocycles. The summed E-state index contributed by atoms with van der Waals surface area (Å²) in [6, 6.07) is 3.45. The van der Waals surface area contributed by atoms with Crippen molar-refractivity contribution in [2.24, 2.45) is 5.41 Å². The summed E-state index contributed by atoms with van der Waals surface area (Å²) in [6.07, 6.45) is 7.69. The Kier molecular flexibility index (Phi) is 18.6. The van der Waals surface area contributed by atoms with Gasteiger partial charge in [0.1, 0.15) is 23.7 Å². The van der Waals surface area contributed by atoms with E-state index in [9.17, 15) is 23.5 Å². The van der Waals surface area contributed by atoms with Crippen molar-refractivity contribution in [2.45, 2.75) is 59.5 Å². The largest absolute Gasteiger partial charge is 0.505 e. The molecule has 0 saturated heterocycles. The van der Waals surface area contributed by atoms with Crippen molar-refractivity contribution in [3.63, 3.8) is 0 Å². The van der Waals surface area contributed by atoms with Crippen LogP contribution in [0.1, 0.15) is 52.5 Å². The predicted octanol–water partition coefficient (Wildman–Crippen LogP) is 4.76. The molecule has 1 aromatic rings. The topological polar surface area (TPSA) is 102 Å². The predicted molar refractivity (Wildman–Crippen MR) is 159 cm³/mol. The second kappa shape index (κ2) is 20.0. The number of allylic oxidation sites excluding steroid dienone is 3. The third-order valence-electron chi connectivity index (χ3n) is 6.91. The van der Waals surface area contributed by atoms with Crippen LogP contribution in [0, 0.1) is 17.0 Å². The van der Waals surface area contributed by atoms with Crippen molar-refractivity contribution in [1.82, 2.24) is 15.1 Å². The highest BCUT2D eigenvalue weighted by Crippen LogP contribution is 2.33. The molecule has 0 radical (unpaired) electrons. The summed E-state index contributed by atoms with van der Waals surface area (Å²) in [5, 5.41) is 20.4. The summed E-state index contributed by atoms with van der Waals surface area (Å²) >= 11 is 0. The molecule has 1 heterocycles. The van der Waals surface area contributed by atoms with Gasteiger partial charge >= 0.3 is 0 Å². The number of hydrogen-bond acceptors (Lipinski definition) is 8. The monoisotopic (exact) mass is 581 g/mol. The number of likely N-dealkylation sites (N-methyl/N-ethyl adjacent to an activating group) is 1. The number of aliphatic hydroxyl groups is 2. The Morgan fingerprint density at radius 1 is 1.22 bits per heavy atom. The van der Waals surface area contributed by atoms with Crippen LogP contribution in [0.15, 0.2) is 53.1 Å². The number of carbonyl (C=O) groups excluding carboxylic acids is 2. The molecule has 1 aliphatic rings. The Morgan fingerprint density at radius 3 is 2.37 bits per heavy atom. The van der Waals surface area contributed by atoms with E-state index in [-0.39, 0.29) is 11.8 Å². The van der Waals surface area contributed by atoms with E-state index in [0.717, 1.165) is 45.1 Å². The molecule has 10 heteroatoms. The highest BCUT2D eigenvalue weighted by Gasteiger charge is 2.38. The molecule has 41 heavy (non-hydrogen) atoms. The maximum absolute atomic E-state index is 12.8. The Balaban J connectivity index is 0.00000102. The van der Waals surface area contributed by atoms with Crippen molar-refractivity contribution in [2.75, 3.05) is 48.0 Å². The molecule has 0 fully saturated rings. The zero-order valence-electron chi connectivity index (χ0n) is 25.8. The molecule has 232 valence electrons. The Morgan fingerprint density at radius 2 is 1.88 bits per heavy atom. The van der Waals surface area contributed by atoms with Crippen LogP contribution in [0.25, 0.3) is 0 Å². The van der Waals surface area contributed by atoms with Crippen LogP contribution in [0.4, 0.5) is 8.78 Å². The van der Waals surface area contributed by atoms with E-state index in [0.29, 0.717) is 48.5 Å². The molecule has 0 aliphatic carbocycles. The smallest absolute Gasteiger partial charge is 0.152 e. The van der Waals surface area contributed by atoms with Crippen LogP contribution >= 0.6 is 0 Å². The maximum atomic E-state index is 12.8. The number of benzene rings is 1. The summed E-state index contributed by atoms with van der Waals surface area (Å²) in [6.45, 7) is 10.1. The number of aldehydes is 2. The van der Waals surface area contributed by atoms with E-state index < -0.39 is 17.0 Å². The Hall–Kier alpha value is -2.92. The number of nitrogens with one attached hydrogen (secondary N) is 1. The van der Waals surface area contributed by atoms with E-state index >= 15 is 0 Å². The van der Waals surface area contributed by atoms with Gasteiger partial charge in [0.25, 0.3) is 0 Å². The van der Waals surface area contributed by atoms with Crippen LogP contribution in [-0.4, -0.2) is 86.6 Å². The molecule has 1 aromatic carbocycles. The highest BCUT2D eigenvalue weighted by molar-refractivity contribution is 5.83. The van der Waals surface area contributed by atoms with E-state index in [1.54, 1.807) is 20.4 Å². The van der Waals surface area contributed by atoms with E-state index in [4.69, 9.17) is 9.84 Å². The lowest BCUT2D eigenvalue weighted by Gasteiger charge is -2.42. The fraction of sp³-hybridized carbons (Fsp3) is 0.548. The summed E-state index contributed by atoms with van der Waals surface area (Å²) in [5.41, 5.74) is 1.56. The number of halogens is 2.